The van der Waals surface area contributed by atoms with Gasteiger partial charge in [0.1, 0.15) is 34.2 Å². The van der Waals surface area contributed by atoms with Gasteiger partial charge < -0.3 is 39.4 Å². The van der Waals surface area contributed by atoms with Crippen molar-refractivity contribution >= 4 is 28.5 Å². The highest BCUT2D eigenvalue weighted by Crippen LogP contribution is 2.39. The summed E-state index contributed by atoms with van der Waals surface area (Å²) >= 11 is 0. The smallest absolute Gasteiger partial charge is 0.255 e. The van der Waals surface area contributed by atoms with Crippen molar-refractivity contribution in [3.8, 4) is 33.9 Å². The number of rotatable bonds is 14. The molecular weight excluding hydrogens is 649 g/mol. The first-order valence-electron chi connectivity index (χ1n) is 15.6. The number of amides is 2. The second kappa shape index (κ2) is 15.5. The molecule has 0 bridgehead atoms. The van der Waals surface area contributed by atoms with Crippen molar-refractivity contribution in [2.24, 2.45) is 0 Å². The Bertz CT molecular complexity index is 1980. The third-order valence-corrected chi connectivity index (χ3v) is 8.61. The maximum absolute atomic E-state index is 14.4. The van der Waals surface area contributed by atoms with Gasteiger partial charge in [0, 0.05) is 46.8 Å². The van der Waals surface area contributed by atoms with E-state index < -0.39 is 43.0 Å². The van der Waals surface area contributed by atoms with Crippen LogP contribution in [0.3, 0.4) is 0 Å². The van der Waals surface area contributed by atoms with Crippen LogP contribution in [0.25, 0.3) is 33.4 Å². The predicted octanol–water partition coefficient (Wildman–Crippen LogP) is 3.40. The number of aliphatic hydroxyl groups excluding tert-OH is 3. The highest BCUT2D eigenvalue weighted by Gasteiger charge is 2.40. The van der Waals surface area contributed by atoms with E-state index in [4.69, 9.17) is 18.7 Å². The zero-order valence-electron chi connectivity index (χ0n) is 28.0. The molecule has 262 valence electrons. The second-order valence-corrected chi connectivity index (χ2v) is 11.5. The summed E-state index contributed by atoms with van der Waals surface area (Å²) in [6, 6.07) is 20.8. The number of methoxy groups -OCH3 is 2. The first-order valence-corrected chi connectivity index (χ1v) is 15.6. The zero-order chi connectivity index (χ0) is 36.0. The Morgan fingerprint density at radius 1 is 0.900 bits per heavy atom. The van der Waals surface area contributed by atoms with E-state index in [1.165, 1.54) is 63.0 Å². The summed E-state index contributed by atoms with van der Waals surface area (Å²) in [5.41, 5.74) is 3.34. The largest absolute Gasteiger partial charge is 0.497 e. The van der Waals surface area contributed by atoms with Crippen molar-refractivity contribution in [3.63, 3.8) is 0 Å². The number of halogens is 1. The van der Waals surface area contributed by atoms with Crippen LogP contribution in [0, 0.1) is 5.82 Å². The minimum absolute atomic E-state index is 0.136. The molecule has 0 radical (unpaired) electrons. The van der Waals surface area contributed by atoms with Crippen LogP contribution >= 0.6 is 0 Å². The zero-order valence-corrected chi connectivity index (χ0v) is 28.0. The number of nitrogens with two attached hydrogens (primary N) is 1. The molecule has 0 atom stereocenters. The fraction of sp³-hybridized carbons (Fsp3) is 0.243. The van der Waals surface area contributed by atoms with E-state index >= 15 is 0 Å². The summed E-state index contributed by atoms with van der Waals surface area (Å²) in [5, 5.41) is 34.3. The number of hydrogen-bond acceptors (Lipinski definition) is 9. The van der Waals surface area contributed by atoms with E-state index in [0.29, 0.717) is 50.4 Å². The number of carbonyl (C=O) groups is 2. The molecule has 12 nitrogen and oxygen atoms in total. The Kier molecular flexibility index (Phi) is 11.1. The Balaban J connectivity index is 1.65. The third-order valence-electron chi connectivity index (χ3n) is 8.61. The minimum atomic E-state index is -1.73. The van der Waals surface area contributed by atoms with Crippen molar-refractivity contribution in [1.82, 2.24) is 10.2 Å². The third kappa shape index (κ3) is 6.90. The first-order chi connectivity index (χ1) is 24.2. The van der Waals surface area contributed by atoms with E-state index in [-0.39, 0.29) is 23.4 Å². The molecule has 50 heavy (non-hydrogen) atoms. The number of nitrogens with one attached hydrogen (secondary N) is 1. The Hall–Kier alpha value is -5.31. The summed E-state index contributed by atoms with van der Waals surface area (Å²) in [7, 11) is 5.96. The van der Waals surface area contributed by atoms with Crippen LogP contribution in [0.1, 0.15) is 26.3 Å². The molecule has 1 heterocycles. The van der Waals surface area contributed by atoms with E-state index in [9.17, 15) is 29.3 Å². The molecule has 0 aliphatic rings. The van der Waals surface area contributed by atoms with Crippen LogP contribution < -0.4 is 20.3 Å². The molecule has 5 rings (SSSR count). The molecule has 1 aromatic heterocycles. The lowest BCUT2D eigenvalue weighted by molar-refractivity contribution is -0.829. The molecule has 2 amide bonds. The van der Waals surface area contributed by atoms with Gasteiger partial charge in [0.15, 0.2) is 5.69 Å². The van der Waals surface area contributed by atoms with E-state index in [1.54, 1.807) is 54.6 Å². The molecule has 0 aliphatic carbocycles. The van der Waals surface area contributed by atoms with Crippen LogP contribution in [0.2, 0.25) is 0 Å². The van der Waals surface area contributed by atoms with Crippen LogP contribution in [-0.4, -0.2) is 85.8 Å². The van der Waals surface area contributed by atoms with Gasteiger partial charge in [-0.05, 0) is 60.2 Å². The normalized spacial score (nSPS) is 11.4. The highest BCUT2D eigenvalue weighted by atomic mass is 19.1. The van der Waals surface area contributed by atoms with Gasteiger partial charge in [-0.15, -0.1) is 0 Å². The fourth-order valence-electron chi connectivity index (χ4n) is 5.78. The fourth-order valence-corrected chi connectivity index (χ4v) is 5.78. The molecule has 13 heteroatoms. The molecule has 0 fully saturated rings. The summed E-state index contributed by atoms with van der Waals surface area (Å²) in [4.78, 5) is 34.2. The lowest BCUT2D eigenvalue weighted by Crippen LogP contribution is -2.76. The number of quaternary nitrogens is 1. The monoisotopic (exact) mass is 688 g/mol. The lowest BCUT2D eigenvalue weighted by Gasteiger charge is -2.40. The standard InChI is InChI=1S/C37H38FN3O9/c1-39-35(45)33-29-16-28(30(40-49-4)17-32(29)50-34(33)22-8-11-26(38)12-9-22)23-6-5-7-24(14-23)36(46)41(37(19-42,20-43)21-44)18-25-10-13-27(47-2)15-31(25)48-3/h5-17,40,42-44H,18-21H2,1-4H3,(H,39,45)/p+1. The van der Waals surface area contributed by atoms with Gasteiger partial charge in [-0.25, -0.2) is 9.23 Å². The van der Waals surface area contributed by atoms with Gasteiger partial charge in [-0.3, -0.25) is 9.59 Å². The van der Waals surface area contributed by atoms with Gasteiger partial charge in [0.25, 0.3) is 11.8 Å². The number of carbonyl (C=O) groups excluding carboxylic acids is 2. The highest BCUT2D eigenvalue weighted by molar-refractivity contribution is 6.12. The molecule has 0 unspecified atom stereocenters. The number of furan rings is 1. The maximum Gasteiger partial charge on any atom is 0.255 e. The van der Waals surface area contributed by atoms with Crippen molar-refractivity contribution in [2.45, 2.75) is 12.1 Å². The molecule has 5 aromatic rings. The van der Waals surface area contributed by atoms with Crippen LogP contribution in [-0.2, 0) is 11.4 Å². The average Bonchev–Trinajstić information content (AvgIpc) is 3.53. The summed E-state index contributed by atoms with van der Waals surface area (Å²) in [6.07, 6.45) is 0. The Labute approximate surface area is 287 Å². The maximum atomic E-state index is 14.4. The number of ether oxygens (including phenoxy) is 2. The van der Waals surface area contributed by atoms with Crippen LogP contribution in [0.15, 0.2) is 83.3 Å². The topological polar surface area (TPSA) is 168 Å². The molecule has 4 aromatic carbocycles. The number of hydrogen-bond donors (Lipinski definition) is 5. The van der Waals surface area contributed by atoms with Crippen molar-refractivity contribution in [2.75, 3.05) is 48.2 Å². The molecule has 0 saturated heterocycles. The van der Waals surface area contributed by atoms with Gasteiger partial charge in [-0.2, -0.15) is 5.48 Å². The summed E-state index contributed by atoms with van der Waals surface area (Å²) in [6.45, 7) is -2.32. The number of aliphatic hydroxyl groups is 3. The Morgan fingerprint density at radius 2 is 1.62 bits per heavy atom. The van der Waals surface area contributed by atoms with Crippen molar-refractivity contribution in [1.29, 1.82) is 0 Å². The number of benzene rings is 4. The predicted molar refractivity (Wildman–Crippen MR) is 182 cm³/mol. The quantitative estimate of drug-likeness (QED) is 0.0868. The van der Waals surface area contributed by atoms with Crippen LogP contribution in [0.5, 0.6) is 11.5 Å². The second-order valence-electron chi connectivity index (χ2n) is 11.5. The lowest BCUT2D eigenvalue weighted by atomic mass is 9.95. The van der Waals surface area contributed by atoms with Crippen molar-refractivity contribution in [3.05, 3.63) is 101 Å². The number of fused-ring (bicyclic) bond motifs is 1. The molecular formula is C37H39FN3O9+. The van der Waals surface area contributed by atoms with E-state index in [0.717, 1.165) is 0 Å². The molecule has 6 N–H and O–H groups in total. The van der Waals surface area contributed by atoms with Gasteiger partial charge >= 0.3 is 0 Å². The Morgan fingerprint density at radius 3 is 2.24 bits per heavy atom. The van der Waals surface area contributed by atoms with Gasteiger partial charge in [0.05, 0.1) is 53.3 Å². The SMILES string of the molecule is CNC(=O)c1c(-c2ccc(F)cc2)oc2cc([NH2+]OC)c(-c3cccc(C(=O)N(Cc4ccc(OC)cc4OC)C(CO)(CO)CO)c3)cc12. The van der Waals surface area contributed by atoms with Crippen molar-refractivity contribution < 1.29 is 53.5 Å². The summed E-state index contributed by atoms with van der Waals surface area (Å²) < 4.78 is 30.7. The first kappa shape index (κ1) is 36.0. The van der Waals surface area contributed by atoms with Crippen LogP contribution in [0.4, 0.5) is 10.1 Å². The summed E-state index contributed by atoms with van der Waals surface area (Å²) in [5.74, 6) is -0.263. The van der Waals surface area contributed by atoms with Gasteiger partial charge in [0.2, 0.25) is 0 Å². The molecule has 0 saturated carbocycles. The average molecular weight is 689 g/mol. The van der Waals surface area contributed by atoms with Gasteiger partial charge in [-0.1, -0.05) is 12.1 Å². The van der Waals surface area contributed by atoms with E-state index in [1.807, 2.05) is 0 Å². The molecule has 0 spiro atoms. The molecule has 0 aliphatic heterocycles. The van der Waals surface area contributed by atoms with E-state index in [2.05, 4.69) is 5.32 Å². The minimum Gasteiger partial charge on any atom is -0.497 e. The number of nitrogens with zero attached hydrogens (tertiary/aromatic N) is 1.